The maximum atomic E-state index is 11.7. The summed E-state index contributed by atoms with van der Waals surface area (Å²) in [5, 5.41) is 11.8. The molecule has 18 heavy (non-hydrogen) atoms. The third kappa shape index (κ3) is 2.99. The molecular weight excluding hydrogens is 228 g/mol. The molecule has 1 aromatic carbocycles. The molecule has 1 atom stereocenters. The number of amides is 1. The molecule has 94 valence electrons. The first-order valence-electron chi connectivity index (χ1n) is 5.86. The van der Waals surface area contributed by atoms with Crippen molar-refractivity contribution >= 4 is 5.91 Å². The Morgan fingerprint density at radius 2 is 1.89 bits per heavy atom. The van der Waals surface area contributed by atoms with Crippen molar-refractivity contribution < 1.29 is 9.90 Å². The van der Waals surface area contributed by atoms with Gasteiger partial charge in [0.1, 0.15) is 0 Å². The standard InChI is InChI=1S/C14H16N2O2/c1-11(17)10-15-14(18)12-4-6-13(7-5-12)16-8-2-3-9-16/h2-9,11,17H,10H2,1H3,(H,15,18)/t11-/m1/s1. The Hall–Kier alpha value is -2.07. The second-order valence-corrected chi connectivity index (χ2v) is 4.20. The molecule has 2 N–H and O–H groups in total. The molecule has 4 nitrogen and oxygen atoms in total. The summed E-state index contributed by atoms with van der Waals surface area (Å²) in [5.41, 5.74) is 1.60. The maximum Gasteiger partial charge on any atom is 0.251 e. The van der Waals surface area contributed by atoms with Crippen LogP contribution in [0.3, 0.4) is 0 Å². The lowest BCUT2D eigenvalue weighted by Gasteiger charge is -2.08. The van der Waals surface area contributed by atoms with Crippen LogP contribution < -0.4 is 5.32 Å². The van der Waals surface area contributed by atoms with Crippen LogP contribution in [-0.2, 0) is 0 Å². The monoisotopic (exact) mass is 244 g/mol. The minimum Gasteiger partial charge on any atom is -0.392 e. The van der Waals surface area contributed by atoms with Crippen molar-refractivity contribution in [3.8, 4) is 5.69 Å². The van der Waals surface area contributed by atoms with E-state index >= 15 is 0 Å². The number of carbonyl (C=O) groups excluding carboxylic acids is 1. The van der Waals surface area contributed by atoms with Gasteiger partial charge in [-0.25, -0.2) is 0 Å². The van der Waals surface area contributed by atoms with Crippen molar-refractivity contribution in [2.24, 2.45) is 0 Å². The van der Waals surface area contributed by atoms with Gasteiger partial charge in [0, 0.05) is 30.2 Å². The predicted octanol–water partition coefficient (Wildman–Crippen LogP) is 1.59. The molecule has 0 aliphatic rings. The van der Waals surface area contributed by atoms with E-state index in [1.54, 1.807) is 19.1 Å². The largest absolute Gasteiger partial charge is 0.392 e. The number of hydrogen-bond acceptors (Lipinski definition) is 2. The van der Waals surface area contributed by atoms with Crippen LogP contribution >= 0.6 is 0 Å². The number of aromatic nitrogens is 1. The van der Waals surface area contributed by atoms with E-state index in [0.29, 0.717) is 5.56 Å². The van der Waals surface area contributed by atoms with Gasteiger partial charge in [0.2, 0.25) is 0 Å². The highest BCUT2D eigenvalue weighted by Gasteiger charge is 2.06. The first kappa shape index (κ1) is 12.4. The zero-order valence-electron chi connectivity index (χ0n) is 10.2. The number of benzene rings is 1. The van der Waals surface area contributed by atoms with Crippen molar-refractivity contribution in [3.05, 3.63) is 54.4 Å². The Kier molecular flexibility index (Phi) is 3.79. The molecule has 0 unspecified atom stereocenters. The number of hydrogen-bond donors (Lipinski definition) is 2. The van der Waals surface area contributed by atoms with Gasteiger partial charge in [-0.05, 0) is 43.3 Å². The second-order valence-electron chi connectivity index (χ2n) is 4.20. The molecule has 0 fully saturated rings. The van der Waals surface area contributed by atoms with E-state index in [2.05, 4.69) is 5.32 Å². The molecule has 2 rings (SSSR count). The van der Waals surface area contributed by atoms with Crippen LogP contribution in [0.2, 0.25) is 0 Å². The summed E-state index contributed by atoms with van der Waals surface area (Å²) in [6.45, 7) is 1.90. The molecule has 0 bridgehead atoms. The first-order valence-corrected chi connectivity index (χ1v) is 5.86. The Labute approximate surface area is 106 Å². The lowest BCUT2D eigenvalue weighted by molar-refractivity contribution is 0.0924. The minimum absolute atomic E-state index is 0.171. The van der Waals surface area contributed by atoms with Gasteiger partial charge in [-0.2, -0.15) is 0 Å². The number of aliphatic hydroxyl groups is 1. The highest BCUT2D eigenvalue weighted by Crippen LogP contribution is 2.09. The van der Waals surface area contributed by atoms with E-state index in [9.17, 15) is 4.79 Å². The summed E-state index contributed by atoms with van der Waals surface area (Å²) in [4.78, 5) is 11.7. The van der Waals surface area contributed by atoms with Crippen molar-refractivity contribution in [3.63, 3.8) is 0 Å². The van der Waals surface area contributed by atoms with E-state index in [-0.39, 0.29) is 12.5 Å². The number of rotatable bonds is 4. The van der Waals surface area contributed by atoms with Gasteiger partial charge in [-0.3, -0.25) is 4.79 Å². The molecular formula is C14H16N2O2. The van der Waals surface area contributed by atoms with Gasteiger partial charge in [0.25, 0.3) is 5.91 Å². The molecule has 1 heterocycles. The molecule has 0 saturated heterocycles. The third-order valence-electron chi connectivity index (χ3n) is 2.59. The quantitative estimate of drug-likeness (QED) is 0.858. The van der Waals surface area contributed by atoms with Crippen molar-refractivity contribution in [1.82, 2.24) is 9.88 Å². The first-order chi connectivity index (χ1) is 8.66. The van der Waals surface area contributed by atoms with Crippen LogP contribution in [0.25, 0.3) is 5.69 Å². The molecule has 0 spiro atoms. The van der Waals surface area contributed by atoms with Crippen LogP contribution in [0.5, 0.6) is 0 Å². The summed E-state index contributed by atoms with van der Waals surface area (Å²) in [6.07, 6.45) is 3.36. The van der Waals surface area contributed by atoms with E-state index in [1.165, 1.54) is 0 Å². The number of nitrogens with zero attached hydrogens (tertiary/aromatic N) is 1. The van der Waals surface area contributed by atoms with Crippen LogP contribution in [0, 0.1) is 0 Å². The summed E-state index contributed by atoms with van der Waals surface area (Å²) in [6, 6.07) is 11.2. The topological polar surface area (TPSA) is 54.3 Å². The molecule has 0 aliphatic heterocycles. The summed E-state index contributed by atoms with van der Waals surface area (Å²) < 4.78 is 1.97. The predicted molar refractivity (Wildman–Crippen MR) is 69.8 cm³/mol. The summed E-state index contributed by atoms with van der Waals surface area (Å²) >= 11 is 0. The van der Waals surface area contributed by atoms with E-state index < -0.39 is 6.10 Å². The number of nitrogens with one attached hydrogen (secondary N) is 1. The summed E-state index contributed by atoms with van der Waals surface area (Å²) in [5.74, 6) is -0.171. The van der Waals surface area contributed by atoms with E-state index in [0.717, 1.165) is 5.69 Å². The Bertz CT molecular complexity index is 501. The highest BCUT2D eigenvalue weighted by molar-refractivity contribution is 5.94. The lowest BCUT2D eigenvalue weighted by Crippen LogP contribution is -2.30. The van der Waals surface area contributed by atoms with Crippen molar-refractivity contribution in [1.29, 1.82) is 0 Å². The molecule has 0 radical (unpaired) electrons. The molecule has 4 heteroatoms. The fourth-order valence-electron chi connectivity index (χ4n) is 1.63. The highest BCUT2D eigenvalue weighted by atomic mass is 16.3. The molecule has 1 amide bonds. The fourth-order valence-corrected chi connectivity index (χ4v) is 1.63. The Morgan fingerprint density at radius 3 is 2.44 bits per heavy atom. The lowest BCUT2D eigenvalue weighted by atomic mass is 10.2. The van der Waals surface area contributed by atoms with Gasteiger partial charge < -0.3 is 15.0 Å². The Balaban J connectivity index is 2.06. The third-order valence-corrected chi connectivity index (χ3v) is 2.59. The zero-order valence-corrected chi connectivity index (χ0v) is 10.2. The summed E-state index contributed by atoms with van der Waals surface area (Å²) in [7, 11) is 0. The minimum atomic E-state index is -0.534. The van der Waals surface area contributed by atoms with Crippen molar-refractivity contribution in [2.45, 2.75) is 13.0 Å². The molecule has 0 saturated carbocycles. The van der Waals surface area contributed by atoms with E-state index in [1.807, 2.05) is 41.2 Å². The second kappa shape index (κ2) is 5.51. The zero-order chi connectivity index (χ0) is 13.0. The number of carbonyl (C=O) groups is 1. The van der Waals surface area contributed by atoms with Gasteiger partial charge in [0.05, 0.1) is 6.10 Å². The Morgan fingerprint density at radius 1 is 1.28 bits per heavy atom. The molecule has 2 aromatic rings. The van der Waals surface area contributed by atoms with Gasteiger partial charge in [0.15, 0.2) is 0 Å². The average Bonchev–Trinajstić information content (AvgIpc) is 2.90. The van der Waals surface area contributed by atoms with Crippen LogP contribution in [0.1, 0.15) is 17.3 Å². The smallest absolute Gasteiger partial charge is 0.251 e. The van der Waals surface area contributed by atoms with Gasteiger partial charge in [-0.15, -0.1) is 0 Å². The number of aliphatic hydroxyl groups excluding tert-OH is 1. The average molecular weight is 244 g/mol. The maximum absolute atomic E-state index is 11.7. The van der Waals surface area contributed by atoms with Crippen LogP contribution in [-0.4, -0.2) is 28.2 Å². The van der Waals surface area contributed by atoms with Crippen LogP contribution in [0.4, 0.5) is 0 Å². The molecule has 1 aromatic heterocycles. The SMILES string of the molecule is C[C@@H](O)CNC(=O)c1ccc(-n2cccc2)cc1. The molecule has 0 aliphatic carbocycles. The van der Waals surface area contributed by atoms with Crippen LogP contribution in [0.15, 0.2) is 48.8 Å². The van der Waals surface area contributed by atoms with Gasteiger partial charge >= 0.3 is 0 Å². The van der Waals surface area contributed by atoms with E-state index in [4.69, 9.17) is 5.11 Å². The van der Waals surface area contributed by atoms with Crippen molar-refractivity contribution in [2.75, 3.05) is 6.54 Å². The van der Waals surface area contributed by atoms with Gasteiger partial charge in [-0.1, -0.05) is 0 Å². The normalized spacial score (nSPS) is 12.1. The fraction of sp³-hybridized carbons (Fsp3) is 0.214.